The summed E-state index contributed by atoms with van der Waals surface area (Å²) in [6.07, 6.45) is 2.44. The Morgan fingerprint density at radius 3 is 2.53 bits per heavy atom. The molecular weight excluding hydrogens is 524 g/mol. The first-order valence-corrected chi connectivity index (χ1v) is 14.0. The molecule has 1 atom stereocenters. The summed E-state index contributed by atoms with van der Waals surface area (Å²) < 4.78 is 33.6. The van der Waals surface area contributed by atoms with Crippen molar-refractivity contribution in [3.05, 3.63) is 95.6 Å². The Bertz CT molecular complexity index is 1480. The zero-order chi connectivity index (χ0) is 27.0. The molecule has 1 heterocycles. The first-order chi connectivity index (χ1) is 18.3. The largest absolute Gasteiger partial charge is 0.484 e. The number of carbonyl (C=O) groups excluding carboxylic acids is 1. The molecule has 3 N–H and O–H groups in total. The number of hydrogen-bond donors (Lipinski definition) is 3. The van der Waals surface area contributed by atoms with E-state index in [0.29, 0.717) is 30.3 Å². The van der Waals surface area contributed by atoms with E-state index in [-0.39, 0.29) is 23.5 Å². The summed E-state index contributed by atoms with van der Waals surface area (Å²) in [5.74, 6) is 0.144. The summed E-state index contributed by atoms with van der Waals surface area (Å²) in [7, 11) is -3.71. The van der Waals surface area contributed by atoms with Crippen molar-refractivity contribution in [1.82, 2.24) is 15.0 Å². The predicted octanol–water partition coefficient (Wildman–Crippen LogP) is 4.92. The fourth-order valence-electron chi connectivity index (χ4n) is 3.84. The molecular formula is C28H29ClN4O4S. The number of sulfonamides is 1. The number of aromatic nitrogens is 1. The van der Waals surface area contributed by atoms with Crippen LogP contribution in [0.25, 0.3) is 10.9 Å². The molecule has 4 aromatic rings. The fourth-order valence-corrected chi connectivity index (χ4v) is 5.24. The third kappa shape index (κ3) is 7.44. The molecule has 0 bridgehead atoms. The second-order valence-electron chi connectivity index (χ2n) is 8.66. The van der Waals surface area contributed by atoms with Crippen LogP contribution >= 0.6 is 11.6 Å². The minimum Gasteiger partial charge on any atom is -0.484 e. The predicted molar refractivity (Wildman–Crippen MR) is 150 cm³/mol. The molecule has 1 unspecified atom stereocenters. The first kappa shape index (κ1) is 27.4. The maximum absolute atomic E-state index is 12.7. The number of halogens is 1. The second kappa shape index (κ2) is 12.7. The molecule has 4 rings (SSSR count). The van der Waals surface area contributed by atoms with Gasteiger partial charge in [0.05, 0.1) is 10.4 Å². The average molecular weight is 553 g/mol. The number of hydrogen-bond acceptors (Lipinski definition) is 6. The summed E-state index contributed by atoms with van der Waals surface area (Å²) in [6, 6.07) is 22.4. The zero-order valence-electron chi connectivity index (χ0n) is 20.9. The van der Waals surface area contributed by atoms with Crippen LogP contribution in [0.15, 0.2) is 90.0 Å². The number of rotatable bonds is 12. The minimum atomic E-state index is -3.71. The van der Waals surface area contributed by atoms with Gasteiger partial charge in [0, 0.05) is 41.4 Å². The maximum atomic E-state index is 12.7. The number of nitrogens with zero attached hydrogens (tertiary/aromatic N) is 1. The molecule has 0 aliphatic heterocycles. The molecule has 8 nitrogen and oxygen atoms in total. The second-order valence-corrected chi connectivity index (χ2v) is 10.8. The lowest BCUT2D eigenvalue weighted by Crippen LogP contribution is -2.30. The molecule has 0 saturated carbocycles. The van der Waals surface area contributed by atoms with Crippen LogP contribution in [0.3, 0.4) is 0 Å². The average Bonchev–Trinajstić information content (AvgIpc) is 2.92. The van der Waals surface area contributed by atoms with Crippen LogP contribution in [0, 0.1) is 0 Å². The molecule has 198 valence electrons. The van der Waals surface area contributed by atoms with Crippen molar-refractivity contribution in [2.75, 3.05) is 25.0 Å². The highest BCUT2D eigenvalue weighted by molar-refractivity contribution is 7.89. The summed E-state index contributed by atoms with van der Waals surface area (Å²) >= 11 is 6.03. The van der Waals surface area contributed by atoms with Crippen molar-refractivity contribution >= 4 is 44.1 Å². The highest BCUT2D eigenvalue weighted by atomic mass is 35.5. The van der Waals surface area contributed by atoms with Gasteiger partial charge in [-0.25, -0.2) is 13.1 Å². The van der Waals surface area contributed by atoms with Gasteiger partial charge in [-0.2, -0.15) is 0 Å². The van der Waals surface area contributed by atoms with E-state index >= 15 is 0 Å². The molecule has 0 radical (unpaired) electrons. The Balaban J connectivity index is 1.18. The Kier molecular flexibility index (Phi) is 9.17. The fraction of sp³-hybridized carbons (Fsp3) is 0.214. The van der Waals surface area contributed by atoms with Gasteiger partial charge in [0.1, 0.15) is 5.75 Å². The Labute approximate surface area is 227 Å². The lowest BCUT2D eigenvalue weighted by atomic mass is 10.1. The Morgan fingerprint density at radius 2 is 1.76 bits per heavy atom. The van der Waals surface area contributed by atoms with Gasteiger partial charge in [0.15, 0.2) is 6.61 Å². The van der Waals surface area contributed by atoms with Crippen molar-refractivity contribution < 1.29 is 17.9 Å². The molecule has 3 aromatic carbocycles. The summed E-state index contributed by atoms with van der Waals surface area (Å²) in [6.45, 7) is 2.76. The minimum absolute atomic E-state index is 0.120. The van der Waals surface area contributed by atoms with E-state index in [1.54, 1.807) is 13.1 Å². The number of carbonyl (C=O) groups is 1. The van der Waals surface area contributed by atoms with Crippen molar-refractivity contribution in [2.45, 2.75) is 24.3 Å². The van der Waals surface area contributed by atoms with Gasteiger partial charge in [-0.3, -0.25) is 9.78 Å². The highest BCUT2D eigenvalue weighted by Crippen LogP contribution is 2.24. The van der Waals surface area contributed by atoms with Crippen LogP contribution in [0.1, 0.15) is 24.9 Å². The number of fused-ring (bicyclic) bond motifs is 1. The summed E-state index contributed by atoms with van der Waals surface area (Å²) in [5, 5.41) is 7.79. The van der Waals surface area contributed by atoms with E-state index < -0.39 is 10.0 Å². The standard InChI is InChI=1S/C28H29ClN4O4S/c1-20(21-6-3-2-4-7-21)33-38(35,36)24-11-9-23(10-12-24)37-19-28(34)32-16-5-15-30-26-14-17-31-27-18-22(29)8-13-25(26)27/h2-4,6-14,17-18,20,33H,5,15-16,19H2,1H3,(H,30,31)(H,32,34). The number of benzene rings is 3. The third-order valence-corrected chi connectivity index (χ3v) is 7.62. The Hall–Kier alpha value is -3.66. The zero-order valence-corrected chi connectivity index (χ0v) is 22.4. The SMILES string of the molecule is CC(NS(=O)(=O)c1ccc(OCC(=O)NCCCNc2ccnc3cc(Cl)ccc23)cc1)c1ccccc1. The molecule has 0 aliphatic carbocycles. The first-order valence-electron chi connectivity index (χ1n) is 12.2. The van der Waals surface area contributed by atoms with Crippen molar-refractivity contribution in [3.63, 3.8) is 0 Å². The number of pyridine rings is 1. The van der Waals surface area contributed by atoms with Crippen LogP contribution in [-0.4, -0.2) is 39.0 Å². The van der Waals surface area contributed by atoms with Gasteiger partial charge in [0.25, 0.3) is 5.91 Å². The van der Waals surface area contributed by atoms with E-state index in [0.717, 1.165) is 22.2 Å². The number of nitrogens with one attached hydrogen (secondary N) is 3. The van der Waals surface area contributed by atoms with Gasteiger partial charge >= 0.3 is 0 Å². The molecule has 0 saturated heterocycles. The van der Waals surface area contributed by atoms with E-state index in [1.165, 1.54) is 24.3 Å². The quantitative estimate of drug-likeness (QED) is 0.215. The lowest BCUT2D eigenvalue weighted by molar-refractivity contribution is -0.123. The third-order valence-electron chi connectivity index (χ3n) is 5.83. The van der Waals surface area contributed by atoms with Gasteiger partial charge < -0.3 is 15.4 Å². The highest BCUT2D eigenvalue weighted by Gasteiger charge is 2.18. The summed E-state index contributed by atoms with van der Waals surface area (Å²) in [4.78, 5) is 16.6. The maximum Gasteiger partial charge on any atom is 0.257 e. The lowest BCUT2D eigenvalue weighted by Gasteiger charge is -2.15. The number of ether oxygens (including phenoxy) is 1. The van der Waals surface area contributed by atoms with E-state index in [2.05, 4.69) is 20.3 Å². The molecule has 0 fully saturated rings. The van der Waals surface area contributed by atoms with Gasteiger partial charge in [-0.05, 0) is 67.4 Å². The van der Waals surface area contributed by atoms with E-state index in [1.807, 2.05) is 54.6 Å². The number of anilines is 1. The monoisotopic (exact) mass is 552 g/mol. The van der Waals surface area contributed by atoms with Gasteiger partial charge in [-0.1, -0.05) is 41.9 Å². The smallest absolute Gasteiger partial charge is 0.257 e. The van der Waals surface area contributed by atoms with E-state index in [4.69, 9.17) is 16.3 Å². The normalized spacial score (nSPS) is 12.2. The molecule has 0 aliphatic rings. The molecule has 38 heavy (non-hydrogen) atoms. The summed E-state index contributed by atoms with van der Waals surface area (Å²) in [5.41, 5.74) is 2.64. The molecule has 0 spiro atoms. The van der Waals surface area contributed by atoms with Crippen molar-refractivity contribution in [3.8, 4) is 5.75 Å². The van der Waals surface area contributed by atoms with E-state index in [9.17, 15) is 13.2 Å². The van der Waals surface area contributed by atoms with Crippen LogP contribution in [0.5, 0.6) is 5.75 Å². The van der Waals surface area contributed by atoms with Crippen molar-refractivity contribution in [2.24, 2.45) is 0 Å². The van der Waals surface area contributed by atoms with Crippen LogP contribution in [0.4, 0.5) is 5.69 Å². The topological polar surface area (TPSA) is 109 Å². The molecule has 1 amide bonds. The number of amides is 1. The van der Waals surface area contributed by atoms with Crippen LogP contribution in [0.2, 0.25) is 5.02 Å². The van der Waals surface area contributed by atoms with Gasteiger partial charge in [-0.15, -0.1) is 0 Å². The van der Waals surface area contributed by atoms with Crippen LogP contribution in [-0.2, 0) is 14.8 Å². The van der Waals surface area contributed by atoms with Crippen LogP contribution < -0.4 is 20.1 Å². The van der Waals surface area contributed by atoms with Crippen molar-refractivity contribution in [1.29, 1.82) is 0 Å². The molecule has 1 aromatic heterocycles. The molecule has 10 heteroatoms. The Morgan fingerprint density at radius 1 is 1.00 bits per heavy atom. The van der Waals surface area contributed by atoms with Gasteiger partial charge in [0.2, 0.25) is 10.0 Å².